The Hall–Kier alpha value is -1.78. The summed E-state index contributed by atoms with van der Waals surface area (Å²) in [7, 11) is 1.42. The second kappa shape index (κ2) is 5.19. The summed E-state index contributed by atoms with van der Waals surface area (Å²) in [5.41, 5.74) is 8.98. The minimum absolute atomic E-state index is 0.505. The molecule has 0 heterocycles. The Morgan fingerprint density at radius 3 is 2.87 bits per heavy atom. The van der Waals surface area contributed by atoms with Gasteiger partial charge in [0.15, 0.2) is 6.17 Å². The summed E-state index contributed by atoms with van der Waals surface area (Å²) in [6.07, 6.45) is -0.772. The standard InChI is InChI=1S/C8H8ClN5O/c1-14(13-15)8(11-12-10)6-3-2-4-7(9)5-6/h2-5,8H,1H3. The van der Waals surface area contributed by atoms with Crippen molar-refractivity contribution >= 4 is 11.6 Å². The van der Waals surface area contributed by atoms with Gasteiger partial charge in [-0.15, -0.1) is 4.91 Å². The van der Waals surface area contributed by atoms with Gasteiger partial charge in [0.2, 0.25) is 0 Å². The van der Waals surface area contributed by atoms with Crippen molar-refractivity contribution in [3.05, 3.63) is 50.2 Å². The third-order valence-electron chi connectivity index (χ3n) is 1.79. The van der Waals surface area contributed by atoms with E-state index >= 15 is 0 Å². The summed E-state index contributed by atoms with van der Waals surface area (Å²) in [6.45, 7) is 0. The Morgan fingerprint density at radius 1 is 1.60 bits per heavy atom. The van der Waals surface area contributed by atoms with Gasteiger partial charge in [-0.05, 0) is 23.2 Å². The Balaban J connectivity index is 3.08. The van der Waals surface area contributed by atoms with E-state index in [1.165, 1.54) is 7.05 Å². The zero-order chi connectivity index (χ0) is 11.3. The Labute approximate surface area is 91.0 Å². The van der Waals surface area contributed by atoms with Crippen molar-refractivity contribution in [2.45, 2.75) is 6.17 Å². The first kappa shape index (κ1) is 11.3. The minimum Gasteiger partial charge on any atom is -0.251 e. The fourth-order valence-corrected chi connectivity index (χ4v) is 1.32. The van der Waals surface area contributed by atoms with E-state index in [4.69, 9.17) is 17.1 Å². The van der Waals surface area contributed by atoms with E-state index in [1.807, 2.05) is 0 Å². The number of halogens is 1. The summed E-state index contributed by atoms with van der Waals surface area (Å²) < 4.78 is 0. The zero-order valence-corrected chi connectivity index (χ0v) is 8.66. The summed E-state index contributed by atoms with van der Waals surface area (Å²) in [4.78, 5) is 13.0. The molecule has 0 aliphatic heterocycles. The zero-order valence-electron chi connectivity index (χ0n) is 7.91. The van der Waals surface area contributed by atoms with Crippen LogP contribution in [-0.2, 0) is 0 Å². The second-order valence-electron chi connectivity index (χ2n) is 2.79. The van der Waals surface area contributed by atoms with Crippen LogP contribution in [0.15, 0.2) is 34.7 Å². The Bertz CT molecular complexity index is 404. The van der Waals surface area contributed by atoms with Crippen LogP contribution in [-0.4, -0.2) is 12.1 Å². The smallest absolute Gasteiger partial charge is 0.153 e. The van der Waals surface area contributed by atoms with Crippen LogP contribution in [0.1, 0.15) is 11.7 Å². The number of nitrogens with zero attached hydrogens (tertiary/aromatic N) is 5. The van der Waals surface area contributed by atoms with Crippen LogP contribution in [0, 0.1) is 4.91 Å². The number of benzene rings is 1. The van der Waals surface area contributed by atoms with Gasteiger partial charge in [-0.2, -0.15) is 0 Å². The molecular formula is C8H8ClN5O. The lowest BCUT2D eigenvalue weighted by atomic mass is 10.2. The van der Waals surface area contributed by atoms with Crippen LogP contribution < -0.4 is 0 Å². The molecule has 0 aromatic heterocycles. The maximum atomic E-state index is 10.3. The van der Waals surface area contributed by atoms with E-state index in [0.29, 0.717) is 10.6 Å². The van der Waals surface area contributed by atoms with Crippen LogP contribution in [0.2, 0.25) is 5.02 Å². The van der Waals surface area contributed by atoms with Gasteiger partial charge in [-0.25, -0.2) is 0 Å². The molecule has 1 aromatic carbocycles. The third kappa shape index (κ3) is 2.83. The van der Waals surface area contributed by atoms with Gasteiger partial charge >= 0.3 is 0 Å². The Kier molecular flexibility index (Phi) is 3.91. The summed E-state index contributed by atoms with van der Waals surface area (Å²) >= 11 is 5.77. The lowest BCUT2D eigenvalue weighted by Gasteiger charge is -2.17. The fraction of sp³-hybridized carbons (Fsp3) is 0.250. The molecule has 1 atom stereocenters. The molecule has 7 heteroatoms. The number of hydrogen-bond donors (Lipinski definition) is 0. The lowest BCUT2D eigenvalue weighted by molar-refractivity contribution is 0.259. The highest BCUT2D eigenvalue weighted by atomic mass is 35.5. The molecular weight excluding hydrogens is 218 g/mol. The van der Waals surface area contributed by atoms with Crippen molar-refractivity contribution in [1.29, 1.82) is 0 Å². The van der Waals surface area contributed by atoms with Gasteiger partial charge in [-0.1, -0.05) is 28.8 Å². The van der Waals surface area contributed by atoms with Crippen molar-refractivity contribution in [3.8, 4) is 0 Å². The topological polar surface area (TPSA) is 81.4 Å². The highest BCUT2D eigenvalue weighted by molar-refractivity contribution is 6.30. The monoisotopic (exact) mass is 225 g/mol. The molecule has 0 radical (unpaired) electrons. The van der Waals surface area contributed by atoms with Gasteiger partial charge in [-0.3, -0.25) is 5.01 Å². The van der Waals surface area contributed by atoms with Gasteiger partial charge in [0, 0.05) is 17.0 Å². The van der Waals surface area contributed by atoms with E-state index in [1.54, 1.807) is 24.3 Å². The Morgan fingerprint density at radius 2 is 2.33 bits per heavy atom. The maximum Gasteiger partial charge on any atom is 0.153 e. The van der Waals surface area contributed by atoms with E-state index in [9.17, 15) is 4.91 Å². The lowest BCUT2D eigenvalue weighted by Crippen LogP contribution is -2.16. The molecule has 0 aliphatic rings. The molecule has 0 spiro atoms. The van der Waals surface area contributed by atoms with Crippen LogP contribution in [0.3, 0.4) is 0 Å². The van der Waals surface area contributed by atoms with Crippen LogP contribution >= 0.6 is 11.6 Å². The van der Waals surface area contributed by atoms with Crippen molar-refractivity contribution in [3.63, 3.8) is 0 Å². The molecule has 15 heavy (non-hydrogen) atoms. The van der Waals surface area contributed by atoms with Gasteiger partial charge in [0.05, 0.1) is 5.29 Å². The van der Waals surface area contributed by atoms with Crippen molar-refractivity contribution in [2.75, 3.05) is 7.05 Å². The highest BCUT2D eigenvalue weighted by Crippen LogP contribution is 2.23. The molecule has 0 bridgehead atoms. The first-order valence-electron chi connectivity index (χ1n) is 4.05. The van der Waals surface area contributed by atoms with Crippen LogP contribution in [0.4, 0.5) is 0 Å². The van der Waals surface area contributed by atoms with E-state index in [0.717, 1.165) is 5.01 Å². The molecule has 6 nitrogen and oxygen atoms in total. The number of azide groups is 1. The molecule has 0 amide bonds. The molecule has 78 valence electrons. The molecule has 1 unspecified atom stereocenters. The van der Waals surface area contributed by atoms with Crippen molar-refractivity contribution < 1.29 is 0 Å². The van der Waals surface area contributed by atoms with E-state index in [-0.39, 0.29) is 0 Å². The third-order valence-corrected chi connectivity index (χ3v) is 2.03. The molecule has 1 aromatic rings. The summed E-state index contributed by atoms with van der Waals surface area (Å²) in [6, 6.07) is 6.71. The normalized spacial score (nSPS) is 11.3. The van der Waals surface area contributed by atoms with Crippen LogP contribution in [0.5, 0.6) is 0 Å². The largest absolute Gasteiger partial charge is 0.251 e. The summed E-state index contributed by atoms with van der Waals surface area (Å²) in [5, 5.41) is 7.67. The minimum atomic E-state index is -0.772. The molecule has 1 rings (SSSR count). The average molecular weight is 226 g/mol. The van der Waals surface area contributed by atoms with Crippen molar-refractivity contribution in [2.24, 2.45) is 10.4 Å². The predicted octanol–water partition coefficient (Wildman–Crippen LogP) is 3.26. The molecule has 0 aliphatic carbocycles. The molecule has 0 saturated carbocycles. The first-order valence-corrected chi connectivity index (χ1v) is 4.42. The first-order chi connectivity index (χ1) is 7.19. The quantitative estimate of drug-likeness (QED) is 0.259. The predicted molar refractivity (Wildman–Crippen MR) is 56.9 cm³/mol. The number of hydrogen-bond acceptors (Lipinski definition) is 3. The van der Waals surface area contributed by atoms with Crippen molar-refractivity contribution in [1.82, 2.24) is 5.01 Å². The molecule has 0 fully saturated rings. The number of rotatable bonds is 4. The average Bonchev–Trinajstić information content (AvgIpc) is 2.25. The second-order valence-corrected chi connectivity index (χ2v) is 3.23. The molecule has 0 saturated heterocycles. The van der Waals surface area contributed by atoms with Gasteiger partial charge < -0.3 is 0 Å². The SMILES string of the molecule is CN(N=O)C(N=[N+]=[N-])c1cccc(Cl)c1. The summed E-state index contributed by atoms with van der Waals surface area (Å²) in [5.74, 6) is 0. The van der Waals surface area contributed by atoms with E-state index < -0.39 is 6.17 Å². The van der Waals surface area contributed by atoms with Gasteiger partial charge in [0.25, 0.3) is 0 Å². The number of nitroso groups, excluding NO2 is 1. The van der Waals surface area contributed by atoms with E-state index in [2.05, 4.69) is 15.3 Å². The van der Waals surface area contributed by atoms with Gasteiger partial charge in [0.1, 0.15) is 0 Å². The highest BCUT2D eigenvalue weighted by Gasteiger charge is 2.14. The maximum absolute atomic E-state index is 10.3. The fourth-order valence-electron chi connectivity index (χ4n) is 1.12. The van der Waals surface area contributed by atoms with Crippen LogP contribution in [0.25, 0.3) is 10.4 Å². The molecule has 0 N–H and O–H groups in total.